The SMILES string of the molecule is C[C@H]1CS(=O)(=O)N(c2ccc(C(=O)Nc3cccc(Cl)c3)cc2)C1=O. The maximum absolute atomic E-state index is 12.2. The Morgan fingerprint density at radius 2 is 1.88 bits per heavy atom. The second-order valence-electron chi connectivity index (χ2n) is 5.79. The standard InChI is InChI=1S/C17H15ClN2O4S/c1-11-10-25(23,24)20(17(11)22)15-7-5-12(6-8-15)16(21)19-14-4-2-3-13(18)9-14/h2-9,11H,10H2,1H3,(H,19,21)/t11-/m0/s1. The molecule has 0 saturated carbocycles. The van der Waals surface area contributed by atoms with Crippen molar-refractivity contribution in [2.24, 2.45) is 5.92 Å². The van der Waals surface area contributed by atoms with Gasteiger partial charge in [-0.25, -0.2) is 12.7 Å². The third kappa shape index (κ3) is 3.52. The third-order valence-corrected chi connectivity index (χ3v) is 5.91. The molecule has 3 rings (SSSR count). The van der Waals surface area contributed by atoms with Crippen molar-refractivity contribution in [1.29, 1.82) is 0 Å². The van der Waals surface area contributed by atoms with E-state index in [9.17, 15) is 18.0 Å². The number of halogens is 1. The van der Waals surface area contributed by atoms with E-state index < -0.39 is 21.8 Å². The molecule has 25 heavy (non-hydrogen) atoms. The summed E-state index contributed by atoms with van der Waals surface area (Å²) in [5.41, 5.74) is 1.11. The monoisotopic (exact) mass is 378 g/mol. The average Bonchev–Trinajstić information content (AvgIpc) is 2.75. The van der Waals surface area contributed by atoms with Crippen LogP contribution < -0.4 is 9.62 Å². The summed E-state index contributed by atoms with van der Waals surface area (Å²) in [6.07, 6.45) is 0. The van der Waals surface area contributed by atoms with Gasteiger partial charge in [0, 0.05) is 16.3 Å². The number of nitrogens with zero attached hydrogens (tertiary/aromatic N) is 1. The minimum atomic E-state index is -3.66. The molecule has 0 aromatic heterocycles. The number of hydrogen-bond donors (Lipinski definition) is 1. The van der Waals surface area contributed by atoms with Gasteiger partial charge in [-0.3, -0.25) is 9.59 Å². The summed E-state index contributed by atoms with van der Waals surface area (Å²) >= 11 is 5.87. The van der Waals surface area contributed by atoms with Crippen LogP contribution in [-0.2, 0) is 14.8 Å². The van der Waals surface area contributed by atoms with Crippen molar-refractivity contribution in [1.82, 2.24) is 0 Å². The predicted molar refractivity (Wildman–Crippen MR) is 96.3 cm³/mol. The molecule has 1 aliphatic heterocycles. The number of rotatable bonds is 3. The molecule has 1 N–H and O–H groups in total. The van der Waals surface area contributed by atoms with E-state index in [1.54, 1.807) is 31.2 Å². The maximum atomic E-state index is 12.2. The average molecular weight is 379 g/mol. The van der Waals surface area contributed by atoms with Crippen LogP contribution in [-0.4, -0.2) is 26.0 Å². The van der Waals surface area contributed by atoms with Gasteiger partial charge in [0.15, 0.2) is 0 Å². The first-order valence-corrected chi connectivity index (χ1v) is 9.50. The Hall–Kier alpha value is -2.38. The van der Waals surface area contributed by atoms with Crippen molar-refractivity contribution < 1.29 is 18.0 Å². The quantitative estimate of drug-likeness (QED) is 0.890. The normalized spacial score (nSPS) is 19.0. The molecule has 0 bridgehead atoms. The second kappa shape index (κ2) is 6.50. The molecule has 1 heterocycles. The molecule has 2 amide bonds. The minimum Gasteiger partial charge on any atom is -0.322 e. The van der Waals surface area contributed by atoms with E-state index in [4.69, 9.17) is 11.6 Å². The van der Waals surface area contributed by atoms with Crippen LogP contribution in [0.25, 0.3) is 0 Å². The van der Waals surface area contributed by atoms with E-state index in [0.29, 0.717) is 16.3 Å². The van der Waals surface area contributed by atoms with Crippen molar-refractivity contribution in [2.75, 3.05) is 15.4 Å². The lowest BCUT2D eigenvalue weighted by molar-refractivity contribution is -0.119. The first-order chi connectivity index (χ1) is 11.8. The molecule has 0 radical (unpaired) electrons. The zero-order valence-corrected chi connectivity index (χ0v) is 14.8. The highest BCUT2D eigenvalue weighted by atomic mass is 35.5. The zero-order valence-electron chi connectivity index (χ0n) is 13.3. The molecule has 1 saturated heterocycles. The van der Waals surface area contributed by atoms with Crippen LogP contribution in [0.2, 0.25) is 5.02 Å². The Morgan fingerprint density at radius 3 is 2.44 bits per heavy atom. The summed E-state index contributed by atoms with van der Waals surface area (Å²) in [6.45, 7) is 1.58. The Bertz CT molecular complexity index is 941. The van der Waals surface area contributed by atoms with Gasteiger partial charge in [0.05, 0.1) is 17.4 Å². The number of amides is 2. The van der Waals surface area contributed by atoms with Gasteiger partial charge in [-0.1, -0.05) is 24.6 Å². The van der Waals surface area contributed by atoms with Gasteiger partial charge in [0.2, 0.25) is 15.9 Å². The highest BCUT2D eigenvalue weighted by molar-refractivity contribution is 7.94. The van der Waals surface area contributed by atoms with Crippen molar-refractivity contribution in [3.63, 3.8) is 0 Å². The van der Waals surface area contributed by atoms with Crippen LogP contribution in [0, 0.1) is 5.92 Å². The van der Waals surface area contributed by atoms with Gasteiger partial charge in [0.1, 0.15) is 0 Å². The largest absolute Gasteiger partial charge is 0.322 e. The van der Waals surface area contributed by atoms with Crippen molar-refractivity contribution >= 4 is 44.8 Å². The zero-order chi connectivity index (χ0) is 18.2. The molecular formula is C17H15ClN2O4S. The molecule has 2 aromatic carbocycles. The molecule has 0 aliphatic carbocycles. The van der Waals surface area contributed by atoms with Crippen molar-refractivity contribution in [3.8, 4) is 0 Å². The summed E-state index contributed by atoms with van der Waals surface area (Å²) < 4.78 is 25.0. The minimum absolute atomic E-state index is 0.206. The second-order valence-corrected chi connectivity index (χ2v) is 8.09. The smallest absolute Gasteiger partial charge is 0.255 e. The maximum Gasteiger partial charge on any atom is 0.255 e. The lowest BCUT2D eigenvalue weighted by Gasteiger charge is -2.15. The fourth-order valence-corrected chi connectivity index (χ4v) is 4.62. The molecule has 0 unspecified atom stereocenters. The number of nitrogens with one attached hydrogen (secondary N) is 1. The summed E-state index contributed by atoms with van der Waals surface area (Å²) in [4.78, 5) is 24.3. The Morgan fingerprint density at radius 1 is 1.20 bits per heavy atom. The molecule has 1 atom stereocenters. The lowest BCUT2D eigenvalue weighted by Crippen LogP contribution is -2.30. The number of sulfonamides is 1. The Kier molecular flexibility index (Phi) is 4.53. The fraction of sp³-hybridized carbons (Fsp3) is 0.176. The highest BCUT2D eigenvalue weighted by Gasteiger charge is 2.41. The molecule has 0 spiro atoms. The van der Waals surface area contributed by atoms with E-state index in [1.807, 2.05) is 0 Å². The van der Waals surface area contributed by atoms with Crippen molar-refractivity contribution in [2.45, 2.75) is 6.92 Å². The van der Waals surface area contributed by atoms with Crippen LogP contribution in [0.5, 0.6) is 0 Å². The van der Waals surface area contributed by atoms with Crippen LogP contribution in [0.1, 0.15) is 17.3 Å². The molecule has 1 aliphatic rings. The van der Waals surface area contributed by atoms with Crippen LogP contribution in [0.15, 0.2) is 48.5 Å². The topological polar surface area (TPSA) is 83.6 Å². The van der Waals surface area contributed by atoms with E-state index in [-0.39, 0.29) is 17.3 Å². The van der Waals surface area contributed by atoms with Gasteiger partial charge < -0.3 is 5.32 Å². The summed E-state index contributed by atoms with van der Waals surface area (Å²) in [6, 6.07) is 12.6. The fourth-order valence-electron chi connectivity index (χ4n) is 2.60. The molecule has 6 nitrogen and oxygen atoms in total. The first-order valence-electron chi connectivity index (χ1n) is 7.52. The van der Waals surface area contributed by atoms with Gasteiger partial charge >= 0.3 is 0 Å². The lowest BCUT2D eigenvalue weighted by atomic mass is 10.1. The predicted octanol–water partition coefficient (Wildman–Crippen LogP) is 2.90. The summed E-state index contributed by atoms with van der Waals surface area (Å²) in [7, 11) is -3.66. The Balaban J connectivity index is 1.81. The van der Waals surface area contributed by atoms with Gasteiger partial charge in [-0.05, 0) is 42.5 Å². The molecule has 2 aromatic rings. The number of carbonyl (C=O) groups excluding carboxylic acids is 2. The molecule has 8 heteroatoms. The van der Waals surface area contributed by atoms with Crippen LogP contribution in [0.4, 0.5) is 11.4 Å². The van der Waals surface area contributed by atoms with Crippen LogP contribution in [0.3, 0.4) is 0 Å². The number of carbonyl (C=O) groups is 2. The van der Waals surface area contributed by atoms with Gasteiger partial charge in [-0.2, -0.15) is 0 Å². The van der Waals surface area contributed by atoms with E-state index >= 15 is 0 Å². The summed E-state index contributed by atoms with van der Waals surface area (Å²) in [5, 5.41) is 3.20. The Labute approximate surface area is 150 Å². The molecule has 1 fully saturated rings. The van der Waals surface area contributed by atoms with Crippen LogP contribution >= 0.6 is 11.6 Å². The third-order valence-electron chi connectivity index (χ3n) is 3.81. The van der Waals surface area contributed by atoms with Gasteiger partial charge in [-0.15, -0.1) is 0 Å². The van der Waals surface area contributed by atoms with Crippen molar-refractivity contribution in [3.05, 3.63) is 59.1 Å². The number of hydrogen-bond acceptors (Lipinski definition) is 4. The summed E-state index contributed by atoms with van der Waals surface area (Å²) in [5.74, 6) is -1.60. The van der Waals surface area contributed by atoms with E-state index in [1.165, 1.54) is 24.3 Å². The highest BCUT2D eigenvalue weighted by Crippen LogP contribution is 2.28. The number of benzene rings is 2. The molecular weight excluding hydrogens is 364 g/mol. The van der Waals surface area contributed by atoms with Gasteiger partial charge in [0.25, 0.3) is 5.91 Å². The van der Waals surface area contributed by atoms with E-state index in [0.717, 1.165) is 4.31 Å². The van der Waals surface area contributed by atoms with E-state index in [2.05, 4.69) is 5.32 Å². The first kappa shape index (κ1) is 17.4. The number of anilines is 2. The molecule has 130 valence electrons.